The van der Waals surface area contributed by atoms with Gasteiger partial charge >= 0.3 is 0 Å². The van der Waals surface area contributed by atoms with Crippen LogP contribution in [0.4, 0.5) is 5.69 Å². The Morgan fingerprint density at radius 3 is 2.54 bits per heavy atom. The van der Waals surface area contributed by atoms with Gasteiger partial charge in [-0.25, -0.2) is 0 Å². The Kier molecular flexibility index (Phi) is 4.87. The van der Waals surface area contributed by atoms with Crippen LogP contribution in [0.3, 0.4) is 0 Å². The zero-order chi connectivity index (χ0) is 17.3. The molecule has 0 saturated carbocycles. The third kappa shape index (κ3) is 3.30. The zero-order valence-electron chi connectivity index (χ0n) is 14.6. The lowest BCUT2D eigenvalue weighted by Gasteiger charge is -2.36. The van der Waals surface area contributed by atoms with Crippen molar-refractivity contribution in [1.82, 2.24) is 15.8 Å². The summed E-state index contributed by atoms with van der Waals surface area (Å²) in [6.07, 6.45) is 0.889. The molecule has 2 N–H and O–H groups in total. The summed E-state index contributed by atoms with van der Waals surface area (Å²) in [6, 6.07) is 6.30. The largest absolute Gasteiger partial charge is 0.331 e. The molecule has 2 atom stereocenters. The van der Waals surface area contributed by atoms with Gasteiger partial charge in [-0.15, -0.1) is 0 Å². The number of hydrazine groups is 1. The minimum atomic E-state index is -0.0874. The summed E-state index contributed by atoms with van der Waals surface area (Å²) in [5, 5.41) is 0. The maximum Gasteiger partial charge on any atom is 0.246 e. The van der Waals surface area contributed by atoms with E-state index in [2.05, 4.69) is 23.8 Å². The molecule has 6 heteroatoms. The predicted molar refractivity (Wildman–Crippen MR) is 93.6 cm³/mol. The minimum Gasteiger partial charge on any atom is -0.331 e. The average Bonchev–Trinajstić information content (AvgIpc) is 3.01. The number of carbonyl (C=O) groups excluding carboxylic acids is 2. The topological polar surface area (TPSA) is 64.7 Å². The minimum absolute atomic E-state index is 0.00781. The lowest BCUT2D eigenvalue weighted by molar-refractivity contribution is -0.140. The van der Waals surface area contributed by atoms with Crippen molar-refractivity contribution < 1.29 is 9.59 Å². The molecule has 0 spiro atoms. The Labute approximate surface area is 143 Å². The SMILES string of the molecule is CCC1NNCC1C(=O)N1CCN(c2cc(C)cc(C)c2)C(=O)C1. The van der Waals surface area contributed by atoms with Crippen LogP contribution >= 0.6 is 0 Å². The van der Waals surface area contributed by atoms with Gasteiger partial charge in [0.1, 0.15) is 6.54 Å². The molecule has 6 nitrogen and oxygen atoms in total. The lowest BCUT2D eigenvalue weighted by atomic mass is 9.98. The van der Waals surface area contributed by atoms with Gasteiger partial charge in [-0.05, 0) is 43.5 Å². The molecule has 24 heavy (non-hydrogen) atoms. The van der Waals surface area contributed by atoms with Gasteiger partial charge in [0.05, 0.1) is 5.92 Å². The molecule has 0 aliphatic carbocycles. The molecule has 2 aliphatic rings. The molecule has 0 bridgehead atoms. The Hall–Kier alpha value is -1.92. The molecule has 130 valence electrons. The lowest BCUT2D eigenvalue weighted by Crippen LogP contribution is -2.55. The number of rotatable bonds is 3. The molecular weight excluding hydrogens is 304 g/mol. The van der Waals surface area contributed by atoms with E-state index in [9.17, 15) is 9.59 Å². The summed E-state index contributed by atoms with van der Waals surface area (Å²) < 4.78 is 0. The van der Waals surface area contributed by atoms with Crippen LogP contribution in [0.2, 0.25) is 0 Å². The monoisotopic (exact) mass is 330 g/mol. The van der Waals surface area contributed by atoms with Gasteiger partial charge in [0.15, 0.2) is 0 Å². The first-order valence-corrected chi connectivity index (χ1v) is 8.65. The summed E-state index contributed by atoms with van der Waals surface area (Å²) >= 11 is 0. The van der Waals surface area contributed by atoms with Gasteiger partial charge < -0.3 is 9.80 Å². The van der Waals surface area contributed by atoms with Crippen LogP contribution in [0.5, 0.6) is 0 Å². The highest BCUT2D eigenvalue weighted by atomic mass is 16.2. The number of nitrogens with one attached hydrogen (secondary N) is 2. The van der Waals surface area contributed by atoms with Gasteiger partial charge in [0.2, 0.25) is 11.8 Å². The van der Waals surface area contributed by atoms with Crippen LogP contribution in [0.1, 0.15) is 24.5 Å². The van der Waals surface area contributed by atoms with Crippen molar-refractivity contribution in [2.75, 3.05) is 31.1 Å². The van der Waals surface area contributed by atoms with Crippen LogP contribution in [0.25, 0.3) is 0 Å². The maximum absolute atomic E-state index is 12.7. The number of hydrogen-bond acceptors (Lipinski definition) is 4. The molecule has 1 aromatic rings. The second-order valence-corrected chi connectivity index (χ2v) is 6.80. The highest BCUT2D eigenvalue weighted by Gasteiger charge is 2.37. The average molecular weight is 330 g/mol. The van der Waals surface area contributed by atoms with Gasteiger partial charge in [0, 0.05) is 31.4 Å². The quantitative estimate of drug-likeness (QED) is 0.867. The number of nitrogens with zero attached hydrogens (tertiary/aromatic N) is 2. The summed E-state index contributed by atoms with van der Waals surface area (Å²) in [7, 11) is 0. The van der Waals surface area contributed by atoms with Crippen LogP contribution in [-0.2, 0) is 9.59 Å². The molecule has 2 amide bonds. The number of anilines is 1. The van der Waals surface area contributed by atoms with Crippen molar-refractivity contribution in [3.63, 3.8) is 0 Å². The smallest absolute Gasteiger partial charge is 0.246 e. The molecule has 2 fully saturated rings. The van der Waals surface area contributed by atoms with Gasteiger partial charge in [-0.1, -0.05) is 13.0 Å². The van der Waals surface area contributed by atoms with Crippen LogP contribution in [-0.4, -0.2) is 48.9 Å². The van der Waals surface area contributed by atoms with Crippen LogP contribution < -0.4 is 15.8 Å². The van der Waals surface area contributed by atoms with Crippen molar-refractivity contribution in [3.8, 4) is 0 Å². The summed E-state index contributed by atoms with van der Waals surface area (Å²) in [5.41, 5.74) is 9.42. The standard InChI is InChI=1S/C18H26N4O2/c1-4-16-15(10-19-20-16)18(24)21-5-6-22(17(23)11-21)14-8-12(2)7-13(3)9-14/h7-9,15-16,19-20H,4-6,10-11H2,1-3H3. The summed E-state index contributed by atoms with van der Waals surface area (Å²) in [6.45, 7) is 8.06. The third-order valence-electron chi connectivity index (χ3n) is 4.90. The van der Waals surface area contributed by atoms with Crippen molar-refractivity contribution in [2.45, 2.75) is 33.2 Å². The van der Waals surface area contributed by atoms with E-state index >= 15 is 0 Å². The third-order valence-corrected chi connectivity index (χ3v) is 4.90. The predicted octanol–water partition coefficient (Wildman–Crippen LogP) is 0.981. The highest BCUT2D eigenvalue weighted by Crippen LogP contribution is 2.22. The normalized spacial score (nSPS) is 24.5. The number of hydrogen-bond donors (Lipinski definition) is 2. The summed E-state index contributed by atoms with van der Waals surface area (Å²) in [5.74, 6) is -0.0186. The Balaban J connectivity index is 1.69. The Morgan fingerprint density at radius 1 is 1.21 bits per heavy atom. The fourth-order valence-corrected chi connectivity index (χ4v) is 3.66. The van der Waals surface area contributed by atoms with Gasteiger partial charge in [0.25, 0.3) is 0 Å². The summed E-state index contributed by atoms with van der Waals surface area (Å²) in [4.78, 5) is 28.9. The Morgan fingerprint density at radius 2 is 1.92 bits per heavy atom. The van der Waals surface area contributed by atoms with E-state index in [1.807, 2.05) is 26.0 Å². The molecule has 0 radical (unpaired) electrons. The fourth-order valence-electron chi connectivity index (χ4n) is 3.66. The van der Waals surface area contributed by atoms with Crippen molar-refractivity contribution in [3.05, 3.63) is 29.3 Å². The van der Waals surface area contributed by atoms with Crippen molar-refractivity contribution in [1.29, 1.82) is 0 Å². The van der Waals surface area contributed by atoms with Gasteiger partial charge in [-0.3, -0.25) is 20.4 Å². The highest BCUT2D eigenvalue weighted by molar-refractivity contribution is 5.98. The molecule has 2 saturated heterocycles. The molecule has 2 heterocycles. The van der Waals surface area contributed by atoms with E-state index in [1.54, 1.807) is 9.80 Å². The Bertz CT molecular complexity index is 626. The molecule has 0 aromatic heterocycles. The van der Waals surface area contributed by atoms with Crippen LogP contribution in [0.15, 0.2) is 18.2 Å². The first-order chi connectivity index (χ1) is 11.5. The first kappa shape index (κ1) is 16.9. The number of benzene rings is 1. The number of carbonyl (C=O) groups is 2. The molecule has 2 unspecified atom stereocenters. The second kappa shape index (κ2) is 6.91. The van der Waals surface area contributed by atoms with E-state index < -0.39 is 0 Å². The second-order valence-electron chi connectivity index (χ2n) is 6.80. The zero-order valence-corrected chi connectivity index (χ0v) is 14.6. The molecule has 1 aromatic carbocycles. The van der Waals surface area contributed by atoms with Crippen molar-refractivity contribution >= 4 is 17.5 Å². The van der Waals surface area contributed by atoms with Gasteiger partial charge in [-0.2, -0.15) is 0 Å². The van der Waals surface area contributed by atoms with E-state index in [4.69, 9.17) is 0 Å². The van der Waals surface area contributed by atoms with E-state index in [-0.39, 0.29) is 30.3 Å². The fraction of sp³-hybridized carbons (Fsp3) is 0.556. The maximum atomic E-state index is 12.7. The van der Waals surface area contributed by atoms with Crippen molar-refractivity contribution in [2.24, 2.45) is 5.92 Å². The van der Waals surface area contributed by atoms with Crippen LogP contribution in [0, 0.1) is 19.8 Å². The number of amides is 2. The molecule has 3 rings (SSSR count). The first-order valence-electron chi connectivity index (χ1n) is 8.65. The number of piperazine rings is 1. The molecule has 2 aliphatic heterocycles. The number of aryl methyl sites for hydroxylation is 2. The van der Waals surface area contributed by atoms with E-state index in [0.717, 1.165) is 23.2 Å². The van der Waals surface area contributed by atoms with E-state index in [1.165, 1.54) is 0 Å². The van der Waals surface area contributed by atoms with E-state index in [0.29, 0.717) is 19.6 Å². The molecular formula is C18H26N4O2.